The lowest BCUT2D eigenvalue weighted by molar-refractivity contribution is 0.102. The van der Waals surface area contributed by atoms with Gasteiger partial charge in [-0.3, -0.25) is 4.79 Å². The van der Waals surface area contributed by atoms with Crippen LogP contribution in [0, 0.1) is 11.6 Å². The largest absolute Gasteiger partial charge is 0.318 e. The number of nitrogens with zero attached hydrogens (tertiary/aromatic N) is 2. The molecule has 0 aliphatic heterocycles. The Morgan fingerprint density at radius 3 is 2.45 bits per heavy atom. The van der Waals surface area contributed by atoms with Crippen molar-refractivity contribution in [3.63, 3.8) is 0 Å². The van der Waals surface area contributed by atoms with Gasteiger partial charge in [-0.15, -0.1) is 0 Å². The molecule has 1 heterocycles. The molecule has 1 amide bonds. The minimum absolute atomic E-state index is 0.151. The normalized spacial score (nSPS) is 10.4. The van der Waals surface area contributed by atoms with Crippen molar-refractivity contribution in [2.24, 2.45) is 0 Å². The lowest BCUT2D eigenvalue weighted by Crippen LogP contribution is -2.15. The zero-order chi connectivity index (χ0) is 14.9. The molecule has 0 saturated heterocycles. The van der Waals surface area contributed by atoms with Crippen LogP contribution in [0.25, 0.3) is 0 Å². The maximum absolute atomic E-state index is 13.5. The predicted molar refractivity (Wildman–Crippen MR) is 71.4 cm³/mol. The zero-order valence-electron chi connectivity index (χ0n) is 9.42. The van der Waals surface area contributed by atoms with E-state index in [-0.39, 0.29) is 16.0 Å². The molecule has 0 bridgehead atoms. The number of hydrogen-bond donors (Lipinski definition) is 1. The fourth-order valence-electron chi connectivity index (χ4n) is 1.32. The molecule has 0 aliphatic carbocycles. The maximum atomic E-state index is 13.5. The number of hydrogen-bond acceptors (Lipinski definition) is 3. The summed E-state index contributed by atoms with van der Waals surface area (Å²) in [5, 5.41) is 1.17. The Morgan fingerprint density at radius 2 is 1.80 bits per heavy atom. The van der Waals surface area contributed by atoms with Crippen molar-refractivity contribution in [3.8, 4) is 0 Å². The first-order valence-corrected chi connectivity index (χ1v) is 6.16. The first kappa shape index (κ1) is 14.9. The number of carbonyl (C=O) groups is 1. The van der Waals surface area contributed by atoms with Crippen LogP contribution in [0.15, 0.2) is 18.3 Å². The van der Waals surface area contributed by atoms with Crippen LogP contribution in [0.3, 0.4) is 0 Å². The number of carbonyl (C=O) groups excluding carboxylic acids is 1. The van der Waals surface area contributed by atoms with Gasteiger partial charge in [-0.1, -0.05) is 23.2 Å². The molecule has 0 radical (unpaired) electrons. The predicted octanol–water partition coefficient (Wildman–Crippen LogP) is 3.97. The van der Waals surface area contributed by atoms with Crippen LogP contribution in [-0.4, -0.2) is 15.9 Å². The first-order valence-electron chi connectivity index (χ1n) is 5.03. The molecule has 0 spiro atoms. The minimum Gasteiger partial charge on any atom is -0.318 e. The Morgan fingerprint density at radius 1 is 1.15 bits per heavy atom. The summed E-state index contributed by atoms with van der Waals surface area (Å²) in [4.78, 5) is 19.0. The number of amides is 1. The molecule has 104 valence electrons. The van der Waals surface area contributed by atoms with Crippen LogP contribution < -0.4 is 5.32 Å². The highest BCUT2D eigenvalue weighted by Crippen LogP contribution is 2.28. The molecule has 0 unspecified atom stereocenters. The molecule has 4 nitrogen and oxygen atoms in total. The van der Waals surface area contributed by atoms with Crippen LogP contribution >= 0.6 is 34.8 Å². The number of halogens is 5. The molecule has 1 aromatic heterocycles. The van der Waals surface area contributed by atoms with E-state index in [9.17, 15) is 13.6 Å². The molecule has 2 aromatic rings. The zero-order valence-corrected chi connectivity index (χ0v) is 11.7. The van der Waals surface area contributed by atoms with Crippen LogP contribution in [-0.2, 0) is 0 Å². The van der Waals surface area contributed by atoms with Crippen molar-refractivity contribution in [1.29, 1.82) is 0 Å². The summed E-state index contributed by atoms with van der Waals surface area (Å²) in [5.74, 6) is -2.62. The second-order valence-corrected chi connectivity index (χ2v) is 4.59. The van der Waals surface area contributed by atoms with Gasteiger partial charge >= 0.3 is 0 Å². The average molecular weight is 339 g/mol. The number of aromatic nitrogens is 2. The fraction of sp³-hybridized carbons (Fsp3) is 0. The van der Waals surface area contributed by atoms with Gasteiger partial charge in [0.05, 0.1) is 11.3 Å². The highest BCUT2D eigenvalue weighted by molar-refractivity contribution is 6.36. The van der Waals surface area contributed by atoms with Crippen molar-refractivity contribution in [2.45, 2.75) is 0 Å². The van der Waals surface area contributed by atoms with E-state index in [1.54, 1.807) is 0 Å². The number of benzene rings is 1. The third kappa shape index (κ3) is 2.98. The van der Waals surface area contributed by atoms with E-state index in [1.165, 1.54) is 0 Å². The van der Waals surface area contributed by atoms with E-state index in [2.05, 4.69) is 15.3 Å². The summed E-state index contributed by atoms with van der Waals surface area (Å²) in [6, 6.07) is 1.67. The number of anilines is 1. The van der Waals surface area contributed by atoms with E-state index in [0.29, 0.717) is 0 Å². The molecule has 0 fully saturated rings. The van der Waals surface area contributed by atoms with E-state index in [1.807, 2.05) is 0 Å². The third-order valence-electron chi connectivity index (χ3n) is 2.24. The maximum Gasteiger partial charge on any atom is 0.260 e. The van der Waals surface area contributed by atoms with Gasteiger partial charge in [0, 0.05) is 6.20 Å². The topological polar surface area (TPSA) is 54.9 Å². The van der Waals surface area contributed by atoms with E-state index >= 15 is 0 Å². The first-order chi connectivity index (χ1) is 9.40. The molecular formula is C11H4Cl3F2N3O. The van der Waals surface area contributed by atoms with E-state index in [0.717, 1.165) is 18.3 Å². The molecular weight excluding hydrogens is 334 g/mol. The van der Waals surface area contributed by atoms with E-state index in [4.69, 9.17) is 34.8 Å². The molecule has 9 heteroatoms. The molecule has 1 N–H and O–H groups in total. The summed E-state index contributed by atoms with van der Waals surface area (Å²) in [5.41, 5.74) is -0.654. The minimum atomic E-state index is -0.893. The quantitative estimate of drug-likeness (QED) is 0.512. The van der Waals surface area contributed by atoms with Crippen molar-refractivity contribution < 1.29 is 13.6 Å². The lowest BCUT2D eigenvalue weighted by Gasteiger charge is -2.09. The smallest absolute Gasteiger partial charge is 0.260 e. The SMILES string of the molecule is O=C(Nc1c(F)ccc(F)c1Cl)c1cnc(Cl)nc1Cl. The summed E-state index contributed by atoms with van der Waals surface area (Å²) in [7, 11) is 0. The van der Waals surface area contributed by atoms with Crippen LogP contribution in [0.2, 0.25) is 15.5 Å². The summed E-state index contributed by atoms with van der Waals surface area (Å²) >= 11 is 16.8. The van der Waals surface area contributed by atoms with Crippen molar-refractivity contribution in [3.05, 3.63) is 51.0 Å². The van der Waals surface area contributed by atoms with E-state index < -0.39 is 28.3 Å². The van der Waals surface area contributed by atoms with Crippen molar-refractivity contribution in [1.82, 2.24) is 9.97 Å². The molecule has 0 aliphatic rings. The number of rotatable bonds is 2. The Bertz CT molecular complexity index is 697. The van der Waals surface area contributed by atoms with Crippen LogP contribution in [0.1, 0.15) is 10.4 Å². The van der Waals surface area contributed by atoms with Crippen molar-refractivity contribution in [2.75, 3.05) is 5.32 Å². The Labute approximate surface area is 126 Å². The Kier molecular flexibility index (Phi) is 4.37. The molecule has 2 rings (SSSR count). The van der Waals surface area contributed by atoms with Gasteiger partial charge in [-0.05, 0) is 23.7 Å². The molecule has 0 saturated carbocycles. The summed E-state index contributed by atoms with van der Waals surface area (Å²) < 4.78 is 26.7. The van der Waals surface area contributed by atoms with Gasteiger partial charge in [-0.2, -0.15) is 0 Å². The van der Waals surface area contributed by atoms with Gasteiger partial charge in [-0.25, -0.2) is 18.7 Å². The molecule has 1 aromatic carbocycles. The van der Waals surface area contributed by atoms with Crippen LogP contribution in [0.4, 0.5) is 14.5 Å². The second-order valence-electron chi connectivity index (χ2n) is 3.52. The molecule has 0 atom stereocenters. The summed E-state index contributed by atoms with van der Waals surface area (Å²) in [6.07, 6.45) is 1.05. The van der Waals surface area contributed by atoms with Crippen molar-refractivity contribution >= 4 is 46.4 Å². The lowest BCUT2D eigenvalue weighted by atomic mass is 10.2. The Balaban J connectivity index is 2.35. The third-order valence-corrected chi connectivity index (χ3v) is 3.08. The van der Waals surface area contributed by atoms with Gasteiger partial charge in [0.15, 0.2) is 0 Å². The molecule has 20 heavy (non-hydrogen) atoms. The Hall–Kier alpha value is -1.50. The summed E-state index contributed by atoms with van der Waals surface area (Å²) in [6.45, 7) is 0. The monoisotopic (exact) mass is 337 g/mol. The van der Waals surface area contributed by atoms with Gasteiger partial charge in [0.1, 0.15) is 21.8 Å². The number of nitrogens with one attached hydrogen (secondary N) is 1. The van der Waals surface area contributed by atoms with Gasteiger partial charge in [0.2, 0.25) is 5.28 Å². The highest BCUT2D eigenvalue weighted by atomic mass is 35.5. The van der Waals surface area contributed by atoms with Gasteiger partial charge in [0.25, 0.3) is 5.91 Å². The van der Waals surface area contributed by atoms with Gasteiger partial charge < -0.3 is 5.32 Å². The van der Waals surface area contributed by atoms with Crippen LogP contribution in [0.5, 0.6) is 0 Å². The standard InChI is InChI=1S/C11H4Cl3F2N3O/c12-7-5(15)1-2-6(16)8(7)18-10(20)4-3-17-11(14)19-9(4)13/h1-3H,(H,18,20). The average Bonchev–Trinajstić information content (AvgIpc) is 2.39. The second kappa shape index (κ2) is 5.87. The fourth-order valence-corrected chi connectivity index (χ4v) is 1.91. The highest BCUT2D eigenvalue weighted by Gasteiger charge is 2.18.